The number of alkyl halides is 4. The summed E-state index contributed by atoms with van der Waals surface area (Å²) in [5.74, 6) is 1.60. The summed E-state index contributed by atoms with van der Waals surface area (Å²) < 4.78 is 42.5. The van der Waals surface area contributed by atoms with Gasteiger partial charge in [0.1, 0.15) is 0 Å². The number of hydrogen-bond donors (Lipinski definition) is 1. The van der Waals surface area contributed by atoms with Crippen LogP contribution in [0.3, 0.4) is 0 Å². The summed E-state index contributed by atoms with van der Waals surface area (Å²) >= 11 is 16.4. The van der Waals surface area contributed by atoms with Crippen LogP contribution in [0, 0.1) is 11.8 Å². The Morgan fingerprint density at radius 1 is 0.833 bits per heavy atom. The van der Waals surface area contributed by atoms with Crippen LogP contribution in [0.25, 0.3) is 0 Å². The van der Waals surface area contributed by atoms with Crippen molar-refractivity contribution < 1.29 is 16.8 Å². The van der Waals surface area contributed by atoms with Crippen molar-refractivity contribution in [2.75, 3.05) is 74.3 Å². The molecule has 0 unspecified atom stereocenters. The normalized spacial score (nSPS) is 17.0. The molecular weight excluding hydrogens is 724 g/mol. The van der Waals surface area contributed by atoms with Crippen LogP contribution in [0.1, 0.15) is 46.5 Å². The standard InChI is InChI=1S/C7H14BrNO2S.C6H12BrN.C6H15N.CH2Cl2.CH3ClO2S.ClH/c1-12(10,11)9-4-2-7(6-8)3-5-9;7-5-6-1-3-8-4-2-6;1-4-7(5-2)6-3;2-1-3;1-5(2,3)4;/h7H,2-6H2,1H3;6,8H,1-5H2;4-6H2,1-3H3;1H2;1H3;1H. The lowest BCUT2D eigenvalue weighted by Crippen LogP contribution is -2.38. The van der Waals surface area contributed by atoms with Crippen LogP contribution in [0.5, 0.6) is 0 Å². The largest absolute Gasteiger partial charge is 0.317 e. The summed E-state index contributed by atoms with van der Waals surface area (Å²) in [6, 6.07) is 0. The monoisotopic (exact) mass is 767 g/mol. The molecule has 0 radical (unpaired) electrons. The van der Waals surface area contributed by atoms with E-state index < -0.39 is 19.1 Å². The van der Waals surface area contributed by atoms with Crippen molar-refractivity contribution in [3.63, 3.8) is 0 Å². The summed E-state index contributed by atoms with van der Waals surface area (Å²) in [4.78, 5) is 2.38. The Morgan fingerprint density at radius 2 is 1.14 bits per heavy atom. The fourth-order valence-corrected chi connectivity index (χ4v) is 5.27. The molecule has 0 amide bonds. The van der Waals surface area contributed by atoms with Crippen LogP contribution in [-0.4, -0.2) is 100 Å². The van der Waals surface area contributed by atoms with Crippen molar-refractivity contribution in [2.45, 2.75) is 46.5 Å². The van der Waals surface area contributed by atoms with Gasteiger partial charge in [-0.2, -0.15) is 0 Å². The lowest BCUT2D eigenvalue weighted by atomic mass is 10.0. The lowest BCUT2D eigenvalue weighted by molar-refractivity contribution is 0.293. The van der Waals surface area contributed by atoms with Crippen LogP contribution in [0.15, 0.2) is 0 Å². The van der Waals surface area contributed by atoms with E-state index in [-0.39, 0.29) is 17.7 Å². The van der Waals surface area contributed by atoms with Gasteiger partial charge >= 0.3 is 0 Å². The van der Waals surface area contributed by atoms with E-state index in [4.69, 9.17) is 23.2 Å². The van der Waals surface area contributed by atoms with Gasteiger partial charge < -0.3 is 10.2 Å². The molecule has 0 bridgehead atoms. The third-order valence-corrected chi connectivity index (χ3v) is 8.41. The first kappa shape index (κ1) is 44.9. The van der Waals surface area contributed by atoms with E-state index in [0.29, 0.717) is 19.0 Å². The first-order chi connectivity index (χ1) is 16.2. The molecule has 15 heteroatoms. The van der Waals surface area contributed by atoms with E-state index in [1.54, 1.807) is 4.31 Å². The van der Waals surface area contributed by atoms with Gasteiger partial charge in [0.15, 0.2) is 0 Å². The molecule has 0 saturated carbocycles. The number of halogens is 6. The second-order valence-corrected chi connectivity index (χ2v) is 15.1. The zero-order valence-electron chi connectivity index (χ0n) is 22.2. The minimum absolute atomic E-state index is 0. The molecule has 2 saturated heterocycles. The zero-order valence-corrected chi connectivity index (χ0v) is 30.1. The van der Waals surface area contributed by atoms with Gasteiger partial charge in [-0.25, -0.2) is 21.1 Å². The summed E-state index contributed by atoms with van der Waals surface area (Å²) in [5, 5.41) is 5.70. The molecule has 2 fully saturated rings. The molecule has 0 atom stereocenters. The zero-order chi connectivity index (χ0) is 27.9. The smallest absolute Gasteiger partial charge is 0.229 e. The molecule has 1 N–H and O–H groups in total. The maximum atomic E-state index is 11.1. The first-order valence-electron chi connectivity index (χ1n) is 11.7. The molecular formula is C21H47Br2Cl4N3O4S2. The van der Waals surface area contributed by atoms with Gasteiger partial charge in [-0.15, -0.1) is 35.6 Å². The fourth-order valence-electron chi connectivity index (χ4n) is 3.10. The van der Waals surface area contributed by atoms with Crippen molar-refractivity contribution in [2.24, 2.45) is 11.8 Å². The molecule has 2 rings (SSSR count). The number of sulfonamides is 1. The van der Waals surface area contributed by atoms with Crippen LogP contribution in [0.4, 0.5) is 0 Å². The quantitative estimate of drug-likeness (QED) is 0.271. The molecule has 2 heterocycles. The Balaban J connectivity index is -0.000000189. The highest BCUT2D eigenvalue weighted by atomic mass is 79.9. The Labute approximate surface area is 259 Å². The van der Waals surface area contributed by atoms with Gasteiger partial charge in [-0.3, -0.25) is 0 Å². The second kappa shape index (κ2) is 28.4. The Kier molecular flexibility index (Phi) is 35.5. The van der Waals surface area contributed by atoms with E-state index in [1.807, 2.05) is 0 Å². The predicted molar refractivity (Wildman–Crippen MR) is 170 cm³/mol. The van der Waals surface area contributed by atoms with Crippen molar-refractivity contribution in [1.29, 1.82) is 0 Å². The molecule has 2 aliphatic rings. The van der Waals surface area contributed by atoms with Gasteiger partial charge in [0, 0.05) is 34.4 Å². The van der Waals surface area contributed by atoms with Gasteiger partial charge in [0.2, 0.25) is 19.1 Å². The molecule has 36 heavy (non-hydrogen) atoms. The maximum absolute atomic E-state index is 11.1. The number of nitrogens with one attached hydrogen (secondary N) is 1. The lowest BCUT2D eigenvalue weighted by Gasteiger charge is -2.28. The molecule has 2 aliphatic heterocycles. The number of nitrogens with zero attached hydrogens (tertiary/aromatic N) is 2. The molecule has 0 aliphatic carbocycles. The highest BCUT2D eigenvalue weighted by molar-refractivity contribution is 9.09. The first-order valence-corrected chi connectivity index (χ1v) is 19.6. The molecule has 224 valence electrons. The third-order valence-electron chi connectivity index (χ3n) is 5.28. The van der Waals surface area contributed by atoms with Crippen molar-refractivity contribution >= 4 is 97.2 Å². The molecule has 0 aromatic rings. The highest BCUT2D eigenvalue weighted by Crippen LogP contribution is 2.20. The van der Waals surface area contributed by atoms with Crippen molar-refractivity contribution in [1.82, 2.24) is 14.5 Å². The van der Waals surface area contributed by atoms with Gasteiger partial charge in [-0.05, 0) is 70.2 Å². The van der Waals surface area contributed by atoms with Crippen LogP contribution in [-0.2, 0) is 19.1 Å². The highest BCUT2D eigenvalue weighted by Gasteiger charge is 2.23. The molecule has 0 aromatic heterocycles. The summed E-state index contributed by atoms with van der Waals surface area (Å²) in [6.07, 6.45) is 6.88. The third kappa shape index (κ3) is 33.9. The SMILES string of the molecule is BrCC1CCNCC1.CCN(CC)CC.CS(=O)(=O)Cl.CS(=O)(=O)N1CCC(CBr)CC1.Cl.ClCCl. The maximum Gasteiger partial charge on any atom is 0.229 e. The van der Waals surface area contributed by atoms with Crippen LogP contribution in [0.2, 0.25) is 0 Å². The fraction of sp³-hybridized carbons (Fsp3) is 1.00. The summed E-state index contributed by atoms with van der Waals surface area (Å²) in [6.45, 7) is 13.9. The van der Waals surface area contributed by atoms with E-state index in [1.165, 1.54) is 57.2 Å². The minimum Gasteiger partial charge on any atom is -0.317 e. The van der Waals surface area contributed by atoms with Gasteiger partial charge in [0.05, 0.1) is 17.9 Å². The second-order valence-electron chi connectivity index (χ2n) is 8.01. The van der Waals surface area contributed by atoms with Crippen molar-refractivity contribution in [3.05, 3.63) is 0 Å². The number of hydrogen-bond acceptors (Lipinski definition) is 6. The Hall–Kier alpha value is 1.90. The molecule has 0 spiro atoms. The molecule has 7 nitrogen and oxygen atoms in total. The minimum atomic E-state index is -3.19. The van der Waals surface area contributed by atoms with E-state index in [0.717, 1.165) is 30.3 Å². The van der Waals surface area contributed by atoms with Crippen LogP contribution < -0.4 is 5.32 Å². The average Bonchev–Trinajstić information content (AvgIpc) is 2.80. The Morgan fingerprint density at radius 3 is 1.33 bits per heavy atom. The van der Waals surface area contributed by atoms with E-state index >= 15 is 0 Å². The van der Waals surface area contributed by atoms with Crippen LogP contribution >= 0.6 is 78.2 Å². The predicted octanol–water partition coefficient (Wildman–Crippen LogP) is 5.81. The summed E-state index contributed by atoms with van der Waals surface area (Å²) in [7, 11) is -1.63. The van der Waals surface area contributed by atoms with Gasteiger partial charge in [-0.1, -0.05) is 52.6 Å². The van der Waals surface area contributed by atoms with E-state index in [9.17, 15) is 16.8 Å². The Bertz CT molecular complexity index is 651. The average molecular weight is 771 g/mol. The number of rotatable bonds is 6. The summed E-state index contributed by atoms with van der Waals surface area (Å²) in [5.41, 5.74) is 0. The molecule has 0 aromatic carbocycles. The van der Waals surface area contributed by atoms with Crippen molar-refractivity contribution in [3.8, 4) is 0 Å². The van der Waals surface area contributed by atoms with E-state index in [2.05, 4.69) is 73.5 Å². The van der Waals surface area contributed by atoms with Gasteiger partial charge in [0.25, 0.3) is 0 Å². The number of piperidine rings is 2. The topological polar surface area (TPSA) is 86.8 Å².